The monoisotopic (exact) mass is 353 g/mol. The average Bonchev–Trinajstić information content (AvgIpc) is 2.43. The number of carbonyl (C=O) groups excluding carboxylic acids is 1. The van der Waals surface area contributed by atoms with E-state index in [2.05, 4.69) is 21.2 Å². The van der Waals surface area contributed by atoms with Crippen molar-refractivity contribution in [3.8, 4) is 5.75 Å². The summed E-state index contributed by atoms with van der Waals surface area (Å²) >= 11 is 9.33. The average molecular weight is 355 g/mol. The first-order valence-electron chi connectivity index (χ1n) is 5.92. The molecule has 0 unspecified atom stereocenters. The molecular formula is C15H13BrClNO2. The number of methoxy groups -OCH3 is 1. The Morgan fingerprint density at radius 2 is 2.00 bits per heavy atom. The van der Waals surface area contributed by atoms with E-state index in [1.165, 1.54) is 0 Å². The lowest BCUT2D eigenvalue weighted by atomic mass is 10.1. The Kier molecular flexibility index (Phi) is 4.68. The molecule has 5 heteroatoms. The van der Waals surface area contributed by atoms with Crippen LogP contribution in [0.5, 0.6) is 5.75 Å². The summed E-state index contributed by atoms with van der Waals surface area (Å²) in [5.74, 6) is 0.463. The van der Waals surface area contributed by atoms with Crippen LogP contribution in [0.1, 0.15) is 15.9 Å². The highest BCUT2D eigenvalue weighted by Crippen LogP contribution is 2.28. The Labute approximate surface area is 131 Å². The maximum atomic E-state index is 12.3. The van der Waals surface area contributed by atoms with Crippen LogP contribution in [0.3, 0.4) is 0 Å². The molecule has 0 aliphatic heterocycles. The predicted octanol–water partition coefficient (Wildman–Crippen LogP) is 4.67. The van der Waals surface area contributed by atoms with Gasteiger partial charge in [-0.2, -0.15) is 0 Å². The fourth-order valence-electron chi connectivity index (χ4n) is 1.76. The van der Waals surface area contributed by atoms with Gasteiger partial charge in [-0.25, -0.2) is 0 Å². The molecule has 3 nitrogen and oxygen atoms in total. The third kappa shape index (κ3) is 3.32. The van der Waals surface area contributed by atoms with Gasteiger partial charge in [-0.15, -0.1) is 0 Å². The van der Waals surface area contributed by atoms with E-state index in [0.29, 0.717) is 22.0 Å². The van der Waals surface area contributed by atoms with Crippen LogP contribution >= 0.6 is 27.5 Å². The lowest BCUT2D eigenvalue weighted by Gasteiger charge is -2.11. The van der Waals surface area contributed by atoms with Crippen LogP contribution in [-0.2, 0) is 0 Å². The van der Waals surface area contributed by atoms with Crippen molar-refractivity contribution in [2.45, 2.75) is 6.92 Å². The molecule has 0 saturated heterocycles. The highest BCUT2D eigenvalue weighted by molar-refractivity contribution is 9.10. The summed E-state index contributed by atoms with van der Waals surface area (Å²) in [6.45, 7) is 1.87. The fourth-order valence-corrected chi connectivity index (χ4v) is 2.27. The Morgan fingerprint density at radius 3 is 2.70 bits per heavy atom. The third-order valence-corrected chi connectivity index (χ3v) is 3.79. The largest absolute Gasteiger partial charge is 0.497 e. The number of amides is 1. The minimum Gasteiger partial charge on any atom is -0.497 e. The Hall–Kier alpha value is -1.52. The zero-order valence-corrected chi connectivity index (χ0v) is 13.4. The van der Waals surface area contributed by atoms with E-state index in [0.717, 1.165) is 10.0 Å². The number of benzene rings is 2. The second-order valence-corrected chi connectivity index (χ2v) is 5.55. The van der Waals surface area contributed by atoms with Gasteiger partial charge >= 0.3 is 0 Å². The van der Waals surface area contributed by atoms with E-state index in [-0.39, 0.29) is 5.91 Å². The Balaban J connectivity index is 2.30. The van der Waals surface area contributed by atoms with Crippen LogP contribution in [0.25, 0.3) is 0 Å². The summed E-state index contributed by atoms with van der Waals surface area (Å²) in [4.78, 5) is 12.3. The number of ether oxygens (including phenoxy) is 1. The molecule has 0 atom stereocenters. The van der Waals surface area contributed by atoms with Crippen molar-refractivity contribution in [2.75, 3.05) is 12.4 Å². The molecule has 2 aromatic carbocycles. The number of aryl methyl sites for hydroxylation is 1. The molecule has 0 aliphatic rings. The lowest BCUT2D eigenvalue weighted by Crippen LogP contribution is -2.13. The highest BCUT2D eigenvalue weighted by Gasteiger charge is 2.12. The number of halogens is 2. The second kappa shape index (κ2) is 6.29. The van der Waals surface area contributed by atoms with Gasteiger partial charge in [-0.05, 0) is 52.7 Å². The molecule has 104 valence electrons. The molecule has 0 heterocycles. The molecule has 2 rings (SSSR count). The third-order valence-electron chi connectivity index (χ3n) is 2.87. The maximum absolute atomic E-state index is 12.3. The van der Waals surface area contributed by atoms with Gasteiger partial charge in [0.1, 0.15) is 5.75 Å². The van der Waals surface area contributed by atoms with Crippen molar-refractivity contribution in [2.24, 2.45) is 0 Å². The molecule has 0 aliphatic carbocycles. The first-order valence-corrected chi connectivity index (χ1v) is 7.09. The summed E-state index contributed by atoms with van der Waals surface area (Å²) in [5.41, 5.74) is 2.06. The maximum Gasteiger partial charge on any atom is 0.256 e. The fraction of sp³-hybridized carbons (Fsp3) is 0.133. The molecule has 0 bridgehead atoms. The highest BCUT2D eigenvalue weighted by atomic mass is 79.9. The number of hydrogen-bond acceptors (Lipinski definition) is 2. The van der Waals surface area contributed by atoms with Crippen molar-refractivity contribution in [3.63, 3.8) is 0 Å². The van der Waals surface area contributed by atoms with Crippen LogP contribution in [-0.4, -0.2) is 13.0 Å². The van der Waals surface area contributed by atoms with Crippen LogP contribution in [0, 0.1) is 6.92 Å². The van der Waals surface area contributed by atoms with E-state index in [1.807, 2.05) is 25.1 Å². The minimum absolute atomic E-state index is 0.209. The van der Waals surface area contributed by atoms with Gasteiger partial charge < -0.3 is 10.1 Å². The van der Waals surface area contributed by atoms with E-state index < -0.39 is 0 Å². The summed E-state index contributed by atoms with van der Waals surface area (Å²) in [5, 5.41) is 3.38. The number of nitrogens with one attached hydrogen (secondary N) is 1. The number of carbonyl (C=O) groups is 1. The smallest absolute Gasteiger partial charge is 0.256 e. The van der Waals surface area contributed by atoms with Crippen LogP contribution in [0.15, 0.2) is 40.9 Å². The normalized spacial score (nSPS) is 10.2. The summed E-state index contributed by atoms with van der Waals surface area (Å²) in [6.07, 6.45) is 0. The number of rotatable bonds is 3. The zero-order valence-electron chi connectivity index (χ0n) is 11.0. The topological polar surface area (TPSA) is 38.3 Å². The predicted molar refractivity (Wildman–Crippen MR) is 84.8 cm³/mol. The minimum atomic E-state index is -0.209. The van der Waals surface area contributed by atoms with Gasteiger partial charge in [0.25, 0.3) is 5.91 Å². The molecule has 2 aromatic rings. The lowest BCUT2D eigenvalue weighted by molar-refractivity contribution is 0.102. The Bertz CT molecular complexity index is 658. The number of anilines is 1. The van der Waals surface area contributed by atoms with E-state index in [1.54, 1.807) is 25.3 Å². The van der Waals surface area contributed by atoms with Gasteiger partial charge in [0, 0.05) is 21.1 Å². The van der Waals surface area contributed by atoms with Crippen molar-refractivity contribution in [3.05, 3.63) is 57.0 Å². The first-order chi connectivity index (χ1) is 9.51. The molecule has 0 radical (unpaired) electrons. The molecule has 1 amide bonds. The second-order valence-electron chi connectivity index (χ2n) is 4.26. The molecule has 0 saturated carbocycles. The van der Waals surface area contributed by atoms with Gasteiger partial charge in [-0.3, -0.25) is 4.79 Å². The van der Waals surface area contributed by atoms with E-state index in [4.69, 9.17) is 16.3 Å². The summed E-state index contributed by atoms with van der Waals surface area (Å²) < 4.78 is 5.93. The van der Waals surface area contributed by atoms with Crippen molar-refractivity contribution in [1.29, 1.82) is 0 Å². The van der Waals surface area contributed by atoms with Gasteiger partial charge in [0.15, 0.2) is 0 Å². The van der Waals surface area contributed by atoms with Crippen LogP contribution in [0.4, 0.5) is 5.69 Å². The van der Waals surface area contributed by atoms with Crippen molar-refractivity contribution in [1.82, 2.24) is 0 Å². The molecule has 0 fully saturated rings. The first kappa shape index (κ1) is 14.9. The zero-order chi connectivity index (χ0) is 14.7. The van der Waals surface area contributed by atoms with Crippen molar-refractivity contribution >= 4 is 39.1 Å². The molecular weight excluding hydrogens is 342 g/mol. The molecule has 0 spiro atoms. The molecule has 20 heavy (non-hydrogen) atoms. The van der Waals surface area contributed by atoms with Gasteiger partial charge in [0.05, 0.1) is 12.8 Å². The standard InChI is InChI=1S/C15H13BrClNO2/c1-9-3-4-10(17)7-12(9)15(19)18-14-8-11(20-2)5-6-13(14)16/h3-8H,1-2H3,(H,18,19). The van der Waals surface area contributed by atoms with Crippen LogP contribution in [0.2, 0.25) is 5.02 Å². The van der Waals surface area contributed by atoms with Crippen molar-refractivity contribution < 1.29 is 9.53 Å². The van der Waals surface area contributed by atoms with E-state index in [9.17, 15) is 4.79 Å². The summed E-state index contributed by atoms with van der Waals surface area (Å²) in [7, 11) is 1.58. The summed E-state index contributed by atoms with van der Waals surface area (Å²) in [6, 6.07) is 10.6. The molecule has 0 aromatic heterocycles. The number of hydrogen-bond donors (Lipinski definition) is 1. The SMILES string of the molecule is COc1ccc(Br)c(NC(=O)c2cc(Cl)ccc2C)c1. The van der Waals surface area contributed by atoms with Crippen LogP contribution < -0.4 is 10.1 Å². The van der Waals surface area contributed by atoms with Gasteiger partial charge in [-0.1, -0.05) is 17.7 Å². The Morgan fingerprint density at radius 1 is 1.25 bits per heavy atom. The van der Waals surface area contributed by atoms with E-state index >= 15 is 0 Å². The molecule has 1 N–H and O–H groups in total. The quantitative estimate of drug-likeness (QED) is 0.869. The van der Waals surface area contributed by atoms with Gasteiger partial charge in [0.2, 0.25) is 0 Å².